The van der Waals surface area contributed by atoms with Gasteiger partial charge in [-0.2, -0.15) is 0 Å². The highest BCUT2D eigenvalue weighted by Gasteiger charge is 2.22. The maximum Gasteiger partial charge on any atom is 0.303 e. The van der Waals surface area contributed by atoms with E-state index < -0.39 is 12.1 Å². The van der Waals surface area contributed by atoms with E-state index in [-0.39, 0.29) is 17.3 Å². The van der Waals surface area contributed by atoms with Crippen molar-refractivity contribution in [2.75, 3.05) is 0 Å². The molecule has 2 aromatic carbocycles. The molecule has 0 radical (unpaired) electrons. The third-order valence-electron chi connectivity index (χ3n) is 5.06. The van der Waals surface area contributed by atoms with Crippen molar-refractivity contribution in [1.82, 2.24) is 0 Å². The Bertz CT molecular complexity index is 735. The van der Waals surface area contributed by atoms with E-state index in [1.807, 2.05) is 50.2 Å². The number of aliphatic hydroxyl groups is 1. The molecule has 0 bridgehead atoms. The van der Waals surface area contributed by atoms with Crippen LogP contribution in [0.3, 0.4) is 0 Å². The summed E-state index contributed by atoms with van der Waals surface area (Å²) in [7, 11) is 0. The molecule has 1 unspecified atom stereocenters. The Balaban J connectivity index is 2.15. The molecule has 0 spiro atoms. The van der Waals surface area contributed by atoms with Crippen LogP contribution < -0.4 is 0 Å². The number of rotatable bonds is 6. The van der Waals surface area contributed by atoms with Gasteiger partial charge in [-0.15, -0.1) is 0 Å². The lowest BCUT2D eigenvalue weighted by Gasteiger charge is -2.25. The first-order chi connectivity index (χ1) is 12.0. The summed E-state index contributed by atoms with van der Waals surface area (Å²) in [6, 6.07) is 15.9. The van der Waals surface area contributed by atoms with E-state index in [1.165, 1.54) is 5.56 Å². The molecule has 3 nitrogen and oxygen atoms in total. The standard InChI is InChI=1S/C23H30O3/c1-22(2,3)18-10-6-16(7-11-18)21(26)17-8-12-19(13-9-17)23(4,5)15-14-20(24)25/h6-13,21,26H,14-15H2,1-5H3,(H,24,25). The van der Waals surface area contributed by atoms with E-state index in [4.69, 9.17) is 5.11 Å². The summed E-state index contributed by atoms with van der Waals surface area (Å²) < 4.78 is 0. The lowest BCUT2D eigenvalue weighted by Crippen LogP contribution is -2.18. The second kappa shape index (κ2) is 7.63. The van der Waals surface area contributed by atoms with Gasteiger partial charge in [-0.25, -0.2) is 0 Å². The molecule has 1 atom stereocenters. The van der Waals surface area contributed by atoms with Crippen LogP contribution >= 0.6 is 0 Å². The minimum atomic E-state index is -0.774. The van der Waals surface area contributed by atoms with E-state index in [0.717, 1.165) is 16.7 Å². The van der Waals surface area contributed by atoms with E-state index >= 15 is 0 Å². The fourth-order valence-electron chi connectivity index (χ4n) is 3.04. The number of hydrogen-bond donors (Lipinski definition) is 2. The molecular formula is C23H30O3. The molecule has 0 saturated carbocycles. The predicted molar refractivity (Wildman–Crippen MR) is 106 cm³/mol. The summed E-state index contributed by atoms with van der Waals surface area (Å²) in [5.74, 6) is -0.774. The highest BCUT2D eigenvalue weighted by molar-refractivity contribution is 5.66. The van der Waals surface area contributed by atoms with Crippen molar-refractivity contribution in [3.05, 3.63) is 70.8 Å². The first-order valence-electron chi connectivity index (χ1n) is 9.11. The topological polar surface area (TPSA) is 57.5 Å². The zero-order valence-corrected chi connectivity index (χ0v) is 16.4. The van der Waals surface area contributed by atoms with E-state index in [0.29, 0.717) is 6.42 Å². The van der Waals surface area contributed by atoms with Crippen LogP contribution in [0.25, 0.3) is 0 Å². The van der Waals surface area contributed by atoms with Gasteiger partial charge < -0.3 is 10.2 Å². The van der Waals surface area contributed by atoms with Gasteiger partial charge in [0.05, 0.1) is 0 Å². The van der Waals surface area contributed by atoms with Gasteiger partial charge in [-0.05, 0) is 39.5 Å². The molecule has 0 aliphatic rings. The van der Waals surface area contributed by atoms with Crippen molar-refractivity contribution in [1.29, 1.82) is 0 Å². The summed E-state index contributed by atoms with van der Waals surface area (Å²) in [6.07, 6.45) is 0.0657. The number of aliphatic carboxylic acids is 1. The zero-order chi connectivity index (χ0) is 19.5. The largest absolute Gasteiger partial charge is 0.481 e. The number of benzene rings is 2. The highest BCUT2D eigenvalue weighted by atomic mass is 16.4. The van der Waals surface area contributed by atoms with Crippen molar-refractivity contribution in [3.63, 3.8) is 0 Å². The number of aliphatic hydroxyl groups excluding tert-OH is 1. The molecule has 0 aromatic heterocycles. The number of carboxylic acid groups (broad SMARTS) is 1. The van der Waals surface area contributed by atoms with E-state index in [1.54, 1.807) is 0 Å². The van der Waals surface area contributed by atoms with Crippen molar-refractivity contribution < 1.29 is 15.0 Å². The minimum absolute atomic E-state index is 0.0899. The zero-order valence-electron chi connectivity index (χ0n) is 16.4. The summed E-state index contributed by atoms with van der Waals surface area (Å²) in [6.45, 7) is 10.6. The third kappa shape index (κ3) is 4.95. The Hall–Kier alpha value is -2.13. The number of hydrogen-bond acceptors (Lipinski definition) is 2. The molecule has 0 fully saturated rings. The molecule has 0 heterocycles. The highest BCUT2D eigenvalue weighted by Crippen LogP contribution is 2.31. The Morgan fingerprint density at radius 2 is 1.27 bits per heavy atom. The van der Waals surface area contributed by atoms with Crippen LogP contribution in [0.1, 0.15) is 75.8 Å². The molecule has 140 valence electrons. The van der Waals surface area contributed by atoms with Crippen molar-refractivity contribution in [2.45, 2.75) is 64.4 Å². The van der Waals surface area contributed by atoms with Gasteiger partial charge in [-0.1, -0.05) is 83.1 Å². The lowest BCUT2D eigenvalue weighted by atomic mass is 9.80. The van der Waals surface area contributed by atoms with Gasteiger partial charge in [0.1, 0.15) is 6.10 Å². The van der Waals surface area contributed by atoms with Gasteiger partial charge in [0, 0.05) is 6.42 Å². The van der Waals surface area contributed by atoms with Gasteiger partial charge >= 0.3 is 5.97 Å². The van der Waals surface area contributed by atoms with Gasteiger partial charge in [0.15, 0.2) is 0 Å². The maximum absolute atomic E-state index is 10.8. The van der Waals surface area contributed by atoms with Crippen LogP contribution in [-0.4, -0.2) is 16.2 Å². The summed E-state index contributed by atoms with van der Waals surface area (Å²) >= 11 is 0. The molecule has 26 heavy (non-hydrogen) atoms. The second-order valence-electron chi connectivity index (χ2n) is 8.67. The SMILES string of the molecule is CC(C)(C)c1ccc(C(O)c2ccc(C(C)(C)CCC(=O)O)cc2)cc1. The fourth-order valence-corrected chi connectivity index (χ4v) is 3.04. The average molecular weight is 354 g/mol. The molecule has 2 rings (SSSR count). The quantitative estimate of drug-likeness (QED) is 0.749. The maximum atomic E-state index is 10.8. The first-order valence-corrected chi connectivity index (χ1v) is 9.11. The average Bonchev–Trinajstić information content (AvgIpc) is 2.59. The Kier molecular flexibility index (Phi) is 5.92. The summed E-state index contributed by atoms with van der Waals surface area (Å²) in [5, 5.41) is 19.6. The Morgan fingerprint density at radius 3 is 1.65 bits per heavy atom. The van der Waals surface area contributed by atoms with Crippen molar-refractivity contribution in [3.8, 4) is 0 Å². The van der Waals surface area contributed by atoms with Crippen LogP contribution in [0.5, 0.6) is 0 Å². The second-order valence-corrected chi connectivity index (χ2v) is 8.67. The predicted octanol–water partition coefficient (Wildman–Crippen LogP) is 5.21. The molecule has 0 aliphatic heterocycles. The molecule has 0 saturated heterocycles. The van der Waals surface area contributed by atoms with Crippen LogP contribution in [0.4, 0.5) is 0 Å². The fraction of sp³-hybridized carbons (Fsp3) is 0.435. The third-order valence-corrected chi connectivity index (χ3v) is 5.06. The molecule has 2 N–H and O–H groups in total. The molecule has 2 aromatic rings. The molecule has 3 heteroatoms. The normalized spacial score (nSPS) is 13.5. The first kappa shape index (κ1) is 20.2. The summed E-state index contributed by atoms with van der Waals surface area (Å²) in [4.78, 5) is 10.8. The van der Waals surface area contributed by atoms with Crippen LogP contribution in [0, 0.1) is 0 Å². The number of carboxylic acids is 1. The van der Waals surface area contributed by atoms with E-state index in [9.17, 15) is 9.90 Å². The van der Waals surface area contributed by atoms with Crippen LogP contribution in [-0.2, 0) is 15.6 Å². The van der Waals surface area contributed by atoms with Gasteiger partial charge in [-0.3, -0.25) is 4.79 Å². The Morgan fingerprint density at radius 1 is 0.846 bits per heavy atom. The van der Waals surface area contributed by atoms with Gasteiger partial charge in [0.25, 0.3) is 0 Å². The number of carbonyl (C=O) groups is 1. The Labute approximate surface area is 156 Å². The van der Waals surface area contributed by atoms with Crippen LogP contribution in [0.2, 0.25) is 0 Å². The van der Waals surface area contributed by atoms with Crippen molar-refractivity contribution in [2.24, 2.45) is 0 Å². The molecule has 0 amide bonds. The molecule has 0 aliphatic carbocycles. The molecular weight excluding hydrogens is 324 g/mol. The van der Waals surface area contributed by atoms with Gasteiger partial charge in [0.2, 0.25) is 0 Å². The van der Waals surface area contributed by atoms with Crippen molar-refractivity contribution >= 4 is 5.97 Å². The monoisotopic (exact) mass is 354 g/mol. The lowest BCUT2D eigenvalue weighted by molar-refractivity contribution is -0.137. The smallest absolute Gasteiger partial charge is 0.303 e. The summed E-state index contributed by atoms with van der Waals surface area (Å²) in [5.41, 5.74) is 3.91. The minimum Gasteiger partial charge on any atom is -0.481 e. The van der Waals surface area contributed by atoms with E-state index in [2.05, 4.69) is 32.9 Å². The van der Waals surface area contributed by atoms with Crippen LogP contribution in [0.15, 0.2) is 48.5 Å².